The molecule has 0 bridgehead atoms. The summed E-state index contributed by atoms with van der Waals surface area (Å²) >= 11 is 0. The van der Waals surface area contributed by atoms with Crippen molar-refractivity contribution in [2.75, 3.05) is 26.2 Å². The number of carbonyl (C=O) groups excluding carboxylic acids is 2. The number of nitrogens with zero attached hydrogens (tertiary/aromatic N) is 2. The second-order valence-electron chi connectivity index (χ2n) is 6.83. The molecule has 1 aromatic carbocycles. The third-order valence-electron chi connectivity index (χ3n) is 5.29. The van der Waals surface area contributed by atoms with Crippen LogP contribution in [0.5, 0.6) is 5.75 Å². The zero-order valence-electron chi connectivity index (χ0n) is 14.8. The van der Waals surface area contributed by atoms with Crippen LogP contribution in [0.1, 0.15) is 43.0 Å². The van der Waals surface area contributed by atoms with Crippen LogP contribution in [0.25, 0.3) is 0 Å². The van der Waals surface area contributed by atoms with Crippen molar-refractivity contribution in [2.24, 2.45) is 5.73 Å². The Kier molecular flexibility index (Phi) is 5.58. The number of carbonyl (C=O) groups is 2. The molecule has 2 aliphatic rings. The van der Waals surface area contributed by atoms with E-state index in [4.69, 9.17) is 10.5 Å². The molecular formula is C19H27N3O3. The van der Waals surface area contributed by atoms with Gasteiger partial charge in [-0.3, -0.25) is 14.5 Å². The van der Waals surface area contributed by atoms with Gasteiger partial charge in [-0.15, -0.1) is 0 Å². The van der Waals surface area contributed by atoms with E-state index in [9.17, 15) is 9.59 Å². The number of benzene rings is 1. The lowest BCUT2D eigenvalue weighted by Crippen LogP contribution is -2.48. The number of hydrogen-bond acceptors (Lipinski definition) is 4. The Morgan fingerprint density at radius 1 is 1.20 bits per heavy atom. The molecule has 2 aliphatic heterocycles. The van der Waals surface area contributed by atoms with Crippen LogP contribution in [0.2, 0.25) is 0 Å². The summed E-state index contributed by atoms with van der Waals surface area (Å²) in [4.78, 5) is 28.5. The molecule has 0 aliphatic carbocycles. The first-order valence-corrected chi connectivity index (χ1v) is 9.16. The van der Waals surface area contributed by atoms with Crippen LogP contribution in [0.3, 0.4) is 0 Å². The summed E-state index contributed by atoms with van der Waals surface area (Å²) in [6, 6.07) is 7.80. The van der Waals surface area contributed by atoms with Crippen molar-refractivity contribution in [3.8, 4) is 5.75 Å². The van der Waals surface area contributed by atoms with Gasteiger partial charge in [0.25, 0.3) is 11.8 Å². The quantitative estimate of drug-likeness (QED) is 0.850. The largest absolute Gasteiger partial charge is 0.484 e. The molecule has 2 saturated heterocycles. The Morgan fingerprint density at radius 3 is 2.72 bits per heavy atom. The maximum Gasteiger partial charge on any atom is 0.255 e. The van der Waals surface area contributed by atoms with E-state index in [1.54, 1.807) is 24.3 Å². The Labute approximate surface area is 148 Å². The fourth-order valence-electron chi connectivity index (χ4n) is 4.16. The maximum atomic E-state index is 13.1. The van der Waals surface area contributed by atoms with Crippen molar-refractivity contribution in [2.45, 2.75) is 44.7 Å². The van der Waals surface area contributed by atoms with Gasteiger partial charge >= 0.3 is 0 Å². The van der Waals surface area contributed by atoms with E-state index in [1.165, 1.54) is 12.8 Å². The molecule has 2 amide bonds. The minimum atomic E-state index is -0.530. The summed E-state index contributed by atoms with van der Waals surface area (Å²) in [5.41, 5.74) is 5.71. The average Bonchev–Trinajstić information content (AvgIpc) is 3.27. The monoisotopic (exact) mass is 345 g/mol. The number of likely N-dealkylation sites (tertiary alicyclic amines) is 2. The van der Waals surface area contributed by atoms with Gasteiger partial charge in [0.05, 0.1) is 0 Å². The van der Waals surface area contributed by atoms with Crippen LogP contribution in [-0.2, 0) is 4.79 Å². The van der Waals surface area contributed by atoms with E-state index < -0.39 is 5.91 Å². The summed E-state index contributed by atoms with van der Waals surface area (Å²) in [5, 5.41) is 0. The lowest BCUT2D eigenvalue weighted by molar-refractivity contribution is -0.119. The van der Waals surface area contributed by atoms with Crippen molar-refractivity contribution in [1.82, 2.24) is 9.80 Å². The van der Waals surface area contributed by atoms with Crippen molar-refractivity contribution in [1.29, 1.82) is 0 Å². The van der Waals surface area contributed by atoms with E-state index in [0.29, 0.717) is 23.4 Å². The number of ether oxygens (including phenoxy) is 1. The highest BCUT2D eigenvalue weighted by Crippen LogP contribution is 2.31. The molecule has 6 nitrogen and oxygen atoms in total. The van der Waals surface area contributed by atoms with Crippen molar-refractivity contribution >= 4 is 11.8 Å². The number of nitrogens with two attached hydrogens (primary N) is 1. The fraction of sp³-hybridized carbons (Fsp3) is 0.579. The topological polar surface area (TPSA) is 75.9 Å². The Hall–Kier alpha value is -2.08. The highest BCUT2D eigenvalue weighted by Gasteiger charge is 2.39. The maximum absolute atomic E-state index is 13.1. The SMILES string of the molecule is CCN1CCC[C@@H]1[C@@H]1CCCN1C(=O)c1cccc(OCC(N)=O)c1. The van der Waals surface area contributed by atoms with Gasteiger partial charge in [-0.1, -0.05) is 13.0 Å². The summed E-state index contributed by atoms with van der Waals surface area (Å²) in [6.07, 6.45) is 4.52. The molecule has 0 saturated carbocycles. The average molecular weight is 345 g/mol. The first-order valence-electron chi connectivity index (χ1n) is 9.16. The van der Waals surface area contributed by atoms with Crippen LogP contribution in [0.4, 0.5) is 0 Å². The number of amides is 2. The number of rotatable bonds is 6. The third-order valence-corrected chi connectivity index (χ3v) is 5.29. The first-order chi connectivity index (χ1) is 12.1. The van der Waals surface area contributed by atoms with Crippen LogP contribution in [0.15, 0.2) is 24.3 Å². The lowest BCUT2D eigenvalue weighted by Gasteiger charge is -2.34. The summed E-state index contributed by atoms with van der Waals surface area (Å²) in [5.74, 6) is 0.0173. The molecule has 6 heteroatoms. The first kappa shape index (κ1) is 17.7. The van der Waals surface area contributed by atoms with Crippen LogP contribution < -0.4 is 10.5 Å². The van der Waals surface area contributed by atoms with E-state index in [1.807, 2.05) is 4.90 Å². The molecule has 0 aromatic heterocycles. The van der Waals surface area contributed by atoms with Gasteiger partial charge in [-0.2, -0.15) is 0 Å². The van der Waals surface area contributed by atoms with Crippen molar-refractivity contribution in [3.05, 3.63) is 29.8 Å². The second-order valence-corrected chi connectivity index (χ2v) is 6.83. The zero-order valence-corrected chi connectivity index (χ0v) is 14.8. The van der Waals surface area contributed by atoms with E-state index in [-0.39, 0.29) is 12.5 Å². The van der Waals surface area contributed by atoms with E-state index in [2.05, 4.69) is 11.8 Å². The number of hydrogen-bond donors (Lipinski definition) is 1. The number of likely N-dealkylation sites (N-methyl/N-ethyl adjacent to an activating group) is 1. The molecule has 2 atom stereocenters. The Balaban J connectivity index is 1.73. The second kappa shape index (κ2) is 7.87. The molecule has 2 fully saturated rings. The lowest BCUT2D eigenvalue weighted by atomic mass is 10.0. The third kappa shape index (κ3) is 3.95. The van der Waals surface area contributed by atoms with Gasteiger partial charge in [-0.05, 0) is 57.0 Å². The molecule has 3 rings (SSSR count). The molecule has 0 spiro atoms. The standard InChI is InChI=1S/C19H27N3O3/c1-2-21-10-4-8-16(21)17-9-5-11-22(17)19(24)14-6-3-7-15(12-14)25-13-18(20)23/h3,6-7,12,16-17H,2,4-5,8-11,13H2,1H3,(H2,20,23)/t16-,17+/m1/s1. The summed E-state index contributed by atoms with van der Waals surface area (Å²) < 4.78 is 5.33. The molecule has 25 heavy (non-hydrogen) atoms. The van der Waals surface area contributed by atoms with Gasteiger partial charge in [0, 0.05) is 24.2 Å². The molecule has 136 valence electrons. The minimum absolute atomic E-state index is 0.0509. The van der Waals surface area contributed by atoms with Crippen LogP contribution in [0, 0.1) is 0 Å². The number of primary amides is 1. The van der Waals surface area contributed by atoms with Gasteiger partial charge < -0.3 is 15.4 Å². The van der Waals surface area contributed by atoms with E-state index >= 15 is 0 Å². The van der Waals surface area contributed by atoms with Gasteiger partial charge in [0.2, 0.25) is 0 Å². The molecule has 0 radical (unpaired) electrons. The highest BCUT2D eigenvalue weighted by atomic mass is 16.5. The molecular weight excluding hydrogens is 318 g/mol. The van der Waals surface area contributed by atoms with Gasteiger partial charge in [0.15, 0.2) is 6.61 Å². The Bertz CT molecular complexity index is 634. The normalized spacial score (nSPS) is 23.8. The molecule has 1 aromatic rings. The fourth-order valence-corrected chi connectivity index (χ4v) is 4.16. The van der Waals surface area contributed by atoms with E-state index in [0.717, 1.165) is 32.5 Å². The minimum Gasteiger partial charge on any atom is -0.484 e. The molecule has 0 unspecified atom stereocenters. The zero-order chi connectivity index (χ0) is 17.8. The van der Waals surface area contributed by atoms with Gasteiger partial charge in [0.1, 0.15) is 5.75 Å². The Morgan fingerprint density at radius 2 is 1.96 bits per heavy atom. The highest BCUT2D eigenvalue weighted by molar-refractivity contribution is 5.95. The predicted molar refractivity (Wildman–Crippen MR) is 95.5 cm³/mol. The van der Waals surface area contributed by atoms with Crippen LogP contribution >= 0.6 is 0 Å². The van der Waals surface area contributed by atoms with Gasteiger partial charge in [-0.25, -0.2) is 0 Å². The smallest absolute Gasteiger partial charge is 0.255 e. The summed E-state index contributed by atoms with van der Waals surface area (Å²) in [6.45, 7) is 5.00. The van der Waals surface area contributed by atoms with Crippen LogP contribution in [-0.4, -0.2) is 59.9 Å². The molecule has 2 heterocycles. The van der Waals surface area contributed by atoms with Crippen molar-refractivity contribution < 1.29 is 14.3 Å². The predicted octanol–water partition coefficient (Wildman–Crippen LogP) is 1.64. The van der Waals surface area contributed by atoms with Crippen molar-refractivity contribution in [3.63, 3.8) is 0 Å². The summed E-state index contributed by atoms with van der Waals surface area (Å²) in [7, 11) is 0. The molecule has 2 N–H and O–H groups in total.